The third kappa shape index (κ3) is 3.40. The summed E-state index contributed by atoms with van der Waals surface area (Å²) in [5.41, 5.74) is 0.728. The highest BCUT2D eigenvalue weighted by atomic mass is 16.6. The summed E-state index contributed by atoms with van der Waals surface area (Å²) in [6.45, 7) is 0.0808. The predicted octanol–water partition coefficient (Wildman–Crippen LogP) is 2.86. The van der Waals surface area contributed by atoms with E-state index in [-0.39, 0.29) is 65.8 Å². The van der Waals surface area contributed by atoms with Crippen LogP contribution >= 0.6 is 0 Å². The summed E-state index contributed by atoms with van der Waals surface area (Å²) in [4.78, 5) is 64.5. The highest BCUT2D eigenvalue weighted by Crippen LogP contribution is 2.53. The molecule has 1 saturated carbocycles. The van der Waals surface area contributed by atoms with E-state index in [0.29, 0.717) is 11.4 Å². The Balaban J connectivity index is 1.15. The van der Waals surface area contributed by atoms with Crippen LogP contribution < -0.4 is 14.5 Å². The van der Waals surface area contributed by atoms with Gasteiger partial charge >= 0.3 is 5.97 Å². The Labute approximate surface area is 205 Å². The van der Waals surface area contributed by atoms with Gasteiger partial charge in [0.05, 0.1) is 28.4 Å². The van der Waals surface area contributed by atoms with Gasteiger partial charge in [0.2, 0.25) is 17.7 Å². The molecule has 0 aromatic heterocycles. The number of carbonyl (C=O) groups is 4. The minimum Gasteiger partial charge on any atom is -0.426 e. The van der Waals surface area contributed by atoms with Crippen LogP contribution in [0.25, 0.3) is 0 Å². The summed E-state index contributed by atoms with van der Waals surface area (Å²) in [7, 11) is 0. The quantitative estimate of drug-likeness (QED) is 0.158. The lowest BCUT2D eigenvalue weighted by atomic mass is 9.85. The van der Waals surface area contributed by atoms with Crippen LogP contribution in [-0.2, 0) is 19.2 Å². The summed E-state index contributed by atoms with van der Waals surface area (Å²) in [5.74, 6) is -2.34. The number of imide groups is 1. The zero-order valence-corrected chi connectivity index (χ0v) is 19.0. The molecule has 3 fully saturated rings. The van der Waals surface area contributed by atoms with Gasteiger partial charge in [-0.15, -0.1) is 0 Å². The van der Waals surface area contributed by atoms with Crippen molar-refractivity contribution in [2.75, 3.05) is 16.3 Å². The lowest BCUT2D eigenvalue weighted by molar-refractivity contribution is -0.384. The average Bonchev–Trinajstić information content (AvgIpc) is 3.63. The van der Waals surface area contributed by atoms with Gasteiger partial charge in [-0.05, 0) is 42.5 Å². The van der Waals surface area contributed by atoms with Crippen molar-refractivity contribution in [1.82, 2.24) is 0 Å². The van der Waals surface area contributed by atoms with Gasteiger partial charge in [-0.25, -0.2) is 4.90 Å². The summed E-state index contributed by atoms with van der Waals surface area (Å²) in [6, 6.07) is 11.8. The molecule has 10 nitrogen and oxygen atoms in total. The number of fused-ring (bicyclic) bond motifs is 5. The van der Waals surface area contributed by atoms with Gasteiger partial charge in [-0.3, -0.25) is 29.3 Å². The average molecular weight is 487 g/mol. The number of nitro benzene ring substituents is 1. The minimum atomic E-state index is -0.729. The van der Waals surface area contributed by atoms with Crippen molar-refractivity contribution in [3.63, 3.8) is 0 Å². The monoisotopic (exact) mass is 487 g/mol. The maximum Gasteiger partial charge on any atom is 0.316 e. The topological polar surface area (TPSA) is 127 Å². The Morgan fingerprint density at radius 3 is 2.25 bits per heavy atom. The molecule has 2 bridgehead atoms. The fraction of sp³-hybridized carbons (Fsp3) is 0.308. The Kier molecular flexibility index (Phi) is 4.99. The Morgan fingerprint density at radius 1 is 0.944 bits per heavy atom. The number of allylic oxidation sites excluding steroid dienone is 2. The number of hydrogen-bond donors (Lipinski definition) is 0. The number of amides is 3. The zero-order valence-electron chi connectivity index (χ0n) is 19.0. The fourth-order valence-electron chi connectivity index (χ4n) is 5.91. The number of esters is 1. The first-order valence-electron chi connectivity index (χ1n) is 11.7. The van der Waals surface area contributed by atoms with Crippen molar-refractivity contribution in [2.45, 2.75) is 12.8 Å². The van der Waals surface area contributed by atoms with Crippen LogP contribution in [0, 0.1) is 39.7 Å². The number of hydrogen-bond acceptors (Lipinski definition) is 7. The van der Waals surface area contributed by atoms with E-state index in [1.807, 2.05) is 12.2 Å². The summed E-state index contributed by atoms with van der Waals surface area (Å²) >= 11 is 0. The second-order valence-electron chi connectivity index (χ2n) is 9.61. The number of rotatable bonds is 5. The fourth-order valence-corrected chi connectivity index (χ4v) is 5.91. The first-order chi connectivity index (χ1) is 17.3. The van der Waals surface area contributed by atoms with Crippen molar-refractivity contribution in [2.24, 2.45) is 29.6 Å². The predicted molar refractivity (Wildman–Crippen MR) is 126 cm³/mol. The molecule has 2 aromatic rings. The smallest absolute Gasteiger partial charge is 0.316 e. The Morgan fingerprint density at radius 2 is 1.61 bits per heavy atom. The zero-order chi connectivity index (χ0) is 25.1. The van der Waals surface area contributed by atoms with Crippen molar-refractivity contribution < 1.29 is 28.8 Å². The molecular formula is C26H21N3O7. The number of carbonyl (C=O) groups excluding carboxylic acids is 4. The third-order valence-electron chi connectivity index (χ3n) is 7.60. The molecule has 2 aromatic carbocycles. The molecule has 0 N–H and O–H groups in total. The second-order valence-corrected chi connectivity index (χ2v) is 9.61. The van der Waals surface area contributed by atoms with E-state index in [2.05, 4.69) is 0 Å². The first kappa shape index (κ1) is 22.1. The maximum atomic E-state index is 13.1. The molecule has 2 heterocycles. The van der Waals surface area contributed by atoms with Crippen molar-refractivity contribution >= 4 is 40.8 Å². The molecule has 3 amide bonds. The van der Waals surface area contributed by atoms with E-state index in [9.17, 15) is 29.3 Å². The molecule has 4 aliphatic rings. The van der Waals surface area contributed by atoms with E-state index >= 15 is 0 Å². The molecule has 10 heteroatoms. The lowest BCUT2D eigenvalue weighted by Gasteiger charge is -2.18. The molecule has 0 unspecified atom stereocenters. The number of ether oxygens (including phenoxy) is 1. The van der Waals surface area contributed by atoms with Crippen LogP contribution in [0.5, 0.6) is 5.75 Å². The number of anilines is 2. The van der Waals surface area contributed by atoms with Gasteiger partial charge in [-0.1, -0.05) is 18.2 Å². The molecule has 6 rings (SSSR count). The van der Waals surface area contributed by atoms with Crippen molar-refractivity contribution in [1.29, 1.82) is 0 Å². The van der Waals surface area contributed by atoms with Gasteiger partial charge in [-0.2, -0.15) is 0 Å². The third-order valence-corrected chi connectivity index (χ3v) is 7.60. The number of nitrogens with zero attached hydrogens (tertiary/aromatic N) is 3. The largest absolute Gasteiger partial charge is 0.426 e. The summed E-state index contributed by atoms with van der Waals surface area (Å²) in [6.07, 6.45) is 4.84. The Hall–Kier alpha value is -4.34. The van der Waals surface area contributed by atoms with Crippen molar-refractivity contribution in [3.05, 3.63) is 70.8 Å². The van der Waals surface area contributed by atoms with E-state index in [1.54, 1.807) is 18.2 Å². The second kappa shape index (κ2) is 8.11. The highest BCUT2D eigenvalue weighted by molar-refractivity contribution is 6.22. The Bertz CT molecular complexity index is 1320. The molecule has 2 aliphatic heterocycles. The first-order valence-corrected chi connectivity index (χ1v) is 11.7. The van der Waals surface area contributed by atoms with Crippen LogP contribution in [0.15, 0.2) is 60.7 Å². The molecule has 36 heavy (non-hydrogen) atoms. The van der Waals surface area contributed by atoms with E-state index < -0.39 is 16.8 Å². The molecule has 0 radical (unpaired) electrons. The molecule has 182 valence electrons. The molecule has 5 atom stereocenters. The van der Waals surface area contributed by atoms with Crippen LogP contribution in [0.1, 0.15) is 12.8 Å². The van der Waals surface area contributed by atoms with Gasteiger partial charge < -0.3 is 9.64 Å². The van der Waals surface area contributed by atoms with Crippen LogP contribution in [0.2, 0.25) is 0 Å². The number of benzene rings is 2. The summed E-state index contributed by atoms with van der Waals surface area (Å²) < 4.78 is 5.53. The van der Waals surface area contributed by atoms with Gasteiger partial charge in [0.25, 0.3) is 5.69 Å². The molecule has 2 saturated heterocycles. The number of non-ortho nitro benzene ring substituents is 1. The van der Waals surface area contributed by atoms with E-state index in [1.165, 1.54) is 40.1 Å². The normalized spacial score (nSPS) is 28.2. The van der Waals surface area contributed by atoms with E-state index in [4.69, 9.17) is 4.74 Å². The molecule has 0 spiro atoms. The summed E-state index contributed by atoms with van der Waals surface area (Å²) in [5, 5.41) is 10.9. The minimum absolute atomic E-state index is 0.0578. The van der Waals surface area contributed by atoms with Gasteiger partial charge in [0.15, 0.2) is 0 Å². The van der Waals surface area contributed by atoms with Crippen LogP contribution in [-0.4, -0.2) is 35.2 Å². The highest BCUT2D eigenvalue weighted by Gasteiger charge is 2.59. The molecule has 2 aliphatic carbocycles. The molecular weight excluding hydrogens is 466 g/mol. The van der Waals surface area contributed by atoms with Crippen LogP contribution in [0.3, 0.4) is 0 Å². The van der Waals surface area contributed by atoms with Gasteiger partial charge in [0.1, 0.15) is 5.75 Å². The van der Waals surface area contributed by atoms with Crippen molar-refractivity contribution in [3.8, 4) is 5.75 Å². The van der Waals surface area contributed by atoms with Crippen LogP contribution in [0.4, 0.5) is 17.1 Å². The number of nitro groups is 1. The standard InChI is InChI=1S/C26H21N3O7/c30-21-11-16(13-27(21)17-6-8-18(9-7-17)29(34)35)26(33)36-20-3-1-2-19(12-20)28-24(31)22-14-4-5-15(10-14)23(22)25(28)32/h1-9,12,14-16,22-23H,10-11,13H2/t14-,15-,16-,22+,23+/m0/s1. The lowest BCUT2D eigenvalue weighted by Crippen LogP contribution is -2.32. The van der Waals surface area contributed by atoms with E-state index in [0.717, 1.165) is 6.42 Å². The SMILES string of the molecule is O=C(Oc1cccc(N2C(=O)[C@H]3[C@H](C2=O)[C@H]2C=C[C@H]3C2)c1)[C@H]1CC(=O)N(c2ccc([N+](=O)[O-])cc2)C1. The van der Waals surface area contributed by atoms with Gasteiger partial charge in [0, 0.05) is 36.9 Å². The maximum absolute atomic E-state index is 13.1.